The van der Waals surface area contributed by atoms with Gasteiger partial charge in [-0.05, 0) is 6.42 Å². The molecule has 2 aromatic rings. The fourth-order valence-corrected chi connectivity index (χ4v) is 2.98. The second kappa shape index (κ2) is 8.05. The number of aliphatic hydroxyl groups is 2. The fourth-order valence-electron chi connectivity index (χ4n) is 2.98. The quantitative estimate of drug-likeness (QED) is 0.591. The highest BCUT2D eigenvalue weighted by molar-refractivity contribution is 5.81. The minimum absolute atomic E-state index is 0.227. The first-order valence-electron chi connectivity index (χ1n) is 8.65. The number of imidazole rings is 1. The summed E-state index contributed by atoms with van der Waals surface area (Å²) in [5.41, 5.74) is 6.66. The summed E-state index contributed by atoms with van der Waals surface area (Å²) in [4.78, 5) is 12.2. The van der Waals surface area contributed by atoms with Crippen molar-refractivity contribution in [2.24, 2.45) is 0 Å². The molecule has 25 heavy (non-hydrogen) atoms. The molecule has 0 saturated carbocycles. The summed E-state index contributed by atoms with van der Waals surface area (Å²) in [5, 5.41) is 20.6. The molecule has 1 aliphatic heterocycles. The van der Waals surface area contributed by atoms with Crippen LogP contribution in [0.15, 0.2) is 12.7 Å². The van der Waals surface area contributed by atoms with Crippen LogP contribution in [0.5, 0.6) is 0 Å². The Hall–Kier alpha value is -1.81. The van der Waals surface area contributed by atoms with Gasteiger partial charge in [0, 0.05) is 6.61 Å². The second-order valence-corrected chi connectivity index (χ2v) is 6.26. The number of hydrogen-bond acceptors (Lipinski definition) is 8. The van der Waals surface area contributed by atoms with Crippen LogP contribution in [0, 0.1) is 0 Å². The lowest BCUT2D eigenvalue weighted by Crippen LogP contribution is -2.33. The summed E-state index contributed by atoms with van der Waals surface area (Å²) < 4.78 is 12.9. The Morgan fingerprint density at radius 2 is 2.04 bits per heavy atom. The number of aliphatic hydroxyl groups excluding tert-OH is 2. The molecule has 3 rings (SSSR count). The summed E-state index contributed by atoms with van der Waals surface area (Å²) in [6, 6.07) is 0. The van der Waals surface area contributed by atoms with Crippen molar-refractivity contribution in [1.29, 1.82) is 0 Å². The van der Waals surface area contributed by atoms with Gasteiger partial charge in [-0.15, -0.1) is 0 Å². The molecule has 0 radical (unpaired) electrons. The largest absolute Gasteiger partial charge is 0.387 e. The molecule has 0 aliphatic carbocycles. The highest BCUT2D eigenvalue weighted by atomic mass is 16.6. The van der Waals surface area contributed by atoms with Gasteiger partial charge < -0.3 is 25.4 Å². The molecule has 138 valence electrons. The number of hydrogen-bond donors (Lipinski definition) is 3. The van der Waals surface area contributed by atoms with E-state index in [1.165, 1.54) is 25.5 Å². The van der Waals surface area contributed by atoms with E-state index in [4.69, 9.17) is 15.2 Å². The van der Waals surface area contributed by atoms with E-state index in [1.807, 2.05) is 0 Å². The molecule has 0 spiro atoms. The molecule has 0 unspecified atom stereocenters. The van der Waals surface area contributed by atoms with Gasteiger partial charge in [-0.2, -0.15) is 0 Å². The highest BCUT2D eigenvalue weighted by Crippen LogP contribution is 2.32. The van der Waals surface area contributed by atoms with Crippen molar-refractivity contribution in [3.05, 3.63) is 12.7 Å². The Morgan fingerprint density at radius 3 is 2.84 bits per heavy atom. The topological polar surface area (TPSA) is 129 Å². The average Bonchev–Trinajstić information content (AvgIpc) is 3.15. The molecule has 2 aromatic heterocycles. The maximum absolute atomic E-state index is 10.3. The van der Waals surface area contributed by atoms with E-state index in [2.05, 4.69) is 21.9 Å². The molecule has 4 atom stereocenters. The first-order valence-corrected chi connectivity index (χ1v) is 8.65. The maximum atomic E-state index is 10.3. The fraction of sp³-hybridized carbons (Fsp3) is 0.688. The van der Waals surface area contributed by atoms with Crippen molar-refractivity contribution >= 4 is 17.0 Å². The zero-order valence-corrected chi connectivity index (χ0v) is 14.3. The number of fused-ring (bicyclic) bond motifs is 1. The normalized spacial score (nSPS) is 26.5. The second-order valence-electron chi connectivity index (χ2n) is 6.26. The van der Waals surface area contributed by atoms with E-state index < -0.39 is 24.5 Å². The number of anilines is 1. The summed E-state index contributed by atoms with van der Waals surface area (Å²) in [7, 11) is 0. The third-order valence-electron chi connectivity index (χ3n) is 4.42. The third kappa shape index (κ3) is 3.74. The lowest BCUT2D eigenvalue weighted by molar-refractivity contribution is -0.0657. The van der Waals surface area contributed by atoms with Crippen LogP contribution in [-0.2, 0) is 9.47 Å². The summed E-state index contributed by atoms with van der Waals surface area (Å²) in [6.45, 7) is 3.00. The number of nitrogens with two attached hydrogens (primary N) is 1. The summed E-state index contributed by atoms with van der Waals surface area (Å²) in [6.07, 6.45) is 3.69. The smallest absolute Gasteiger partial charge is 0.167 e. The number of nitrogens with zero attached hydrogens (tertiary/aromatic N) is 4. The molecular formula is C16H25N5O4. The zero-order chi connectivity index (χ0) is 17.8. The van der Waals surface area contributed by atoms with Gasteiger partial charge in [0.25, 0.3) is 0 Å². The SMILES string of the molecule is CCCCCCOC[C@H]1O[C@@H](n2cnc3c(N)ncnc32)[C@H](O)[C@@H]1O. The van der Waals surface area contributed by atoms with Crippen molar-refractivity contribution in [1.82, 2.24) is 19.5 Å². The predicted molar refractivity (Wildman–Crippen MR) is 90.6 cm³/mol. The van der Waals surface area contributed by atoms with Gasteiger partial charge in [-0.1, -0.05) is 26.2 Å². The Bertz CT molecular complexity index is 694. The minimum atomic E-state index is -1.11. The van der Waals surface area contributed by atoms with Crippen molar-refractivity contribution in [3.63, 3.8) is 0 Å². The van der Waals surface area contributed by atoms with Crippen LogP contribution in [0.4, 0.5) is 5.82 Å². The number of unbranched alkanes of at least 4 members (excludes halogenated alkanes) is 3. The number of aromatic nitrogens is 4. The number of nitrogen functional groups attached to an aromatic ring is 1. The van der Waals surface area contributed by atoms with Crippen molar-refractivity contribution in [2.75, 3.05) is 18.9 Å². The third-order valence-corrected chi connectivity index (χ3v) is 4.42. The van der Waals surface area contributed by atoms with E-state index in [9.17, 15) is 10.2 Å². The maximum Gasteiger partial charge on any atom is 0.167 e. The lowest BCUT2D eigenvalue weighted by Gasteiger charge is -2.16. The first-order chi connectivity index (χ1) is 12.1. The number of rotatable bonds is 8. The Morgan fingerprint density at radius 1 is 1.20 bits per heavy atom. The average molecular weight is 351 g/mol. The van der Waals surface area contributed by atoms with Crippen LogP contribution in [0.1, 0.15) is 38.8 Å². The van der Waals surface area contributed by atoms with Crippen LogP contribution in [0.3, 0.4) is 0 Å². The van der Waals surface area contributed by atoms with Gasteiger partial charge in [0.15, 0.2) is 17.7 Å². The Kier molecular flexibility index (Phi) is 5.79. The van der Waals surface area contributed by atoms with Crippen molar-refractivity contribution in [3.8, 4) is 0 Å². The van der Waals surface area contributed by atoms with Gasteiger partial charge in [-0.3, -0.25) is 4.57 Å². The summed E-state index contributed by atoms with van der Waals surface area (Å²) >= 11 is 0. The molecule has 1 fully saturated rings. The van der Waals surface area contributed by atoms with Crippen LogP contribution >= 0.6 is 0 Å². The van der Waals surface area contributed by atoms with E-state index in [0.29, 0.717) is 17.8 Å². The molecular weight excluding hydrogens is 326 g/mol. The highest BCUT2D eigenvalue weighted by Gasteiger charge is 2.44. The van der Waals surface area contributed by atoms with Gasteiger partial charge in [0.05, 0.1) is 12.9 Å². The van der Waals surface area contributed by atoms with Crippen molar-refractivity contribution < 1.29 is 19.7 Å². The van der Waals surface area contributed by atoms with Crippen LogP contribution in [-0.4, -0.2) is 61.3 Å². The Labute approximate surface area is 145 Å². The van der Waals surface area contributed by atoms with Gasteiger partial charge in [-0.25, -0.2) is 15.0 Å². The van der Waals surface area contributed by atoms with Crippen LogP contribution in [0.25, 0.3) is 11.2 Å². The summed E-state index contributed by atoms with van der Waals surface area (Å²) in [5.74, 6) is 0.253. The van der Waals surface area contributed by atoms with Gasteiger partial charge >= 0.3 is 0 Å². The van der Waals surface area contributed by atoms with Crippen molar-refractivity contribution in [2.45, 2.75) is 57.1 Å². The van der Waals surface area contributed by atoms with E-state index in [1.54, 1.807) is 4.57 Å². The van der Waals surface area contributed by atoms with E-state index in [0.717, 1.165) is 12.8 Å². The van der Waals surface area contributed by atoms with E-state index >= 15 is 0 Å². The zero-order valence-electron chi connectivity index (χ0n) is 14.3. The minimum Gasteiger partial charge on any atom is -0.387 e. The Balaban J connectivity index is 1.62. The molecule has 0 bridgehead atoms. The molecule has 4 N–H and O–H groups in total. The molecule has 1 saturated heterocycles. The molecule has 9 heteroatoms. The molecule has 9 nitrogen and oxygen atoms in total. The van der Waals surface area contributed by atoms with E-state index in [-0.39, 0.29) is 12.4 Å². The standard InChI is InChI=1S/C16H25N5O4/c1-2-3-4-5-6-24-7-10-12(22)13(23)16(25-10)21-9-20-11-14(17)18-8-19-15(11)21/h8-10,12-13,16,22-23H,2-7H2,1H3,(H2,17,18,19)/t10-,12-,13-,16-/m1/s1. The first kappa shape index (κ1) is 18.0. The lowest BCUT2D eigenvalue weighted by atomic mass is 10.1. The van der Waals surface area contributed by atoms with Gasteiger partial charge in [0.2, 0.25) is 0 Å². The number of ether oxygens (including phenoxy) is 2. The van der Waals surface area contributed by atoms with Crippen LogP contribution in [0.2, 0.25) is 0 Å². The predicted octanol–water partition coefficient (Wildman–Crippen LogP) is 0.625. The monoisotopic (exact) mass is 351 g/mol. The van der Waals surface area contributed by atoms with Crippen LogP contribution < -0.4 is 5.73 Å². The molecule has 3 heterocycles. The molecule has 1 aliphatic rings. The van der Waals surface area contributed by atoms with Gasteiger partial charge in [0.1, 0.15) is 30.2 Å². The molecule has 0 amide bonds. The molecule has 0 aromatic carbocycles.